The van der Waals surface area contributed by atoms with Crippen LogP contribution in [0.2, 0.25) is 0 Å². The van der Waals surface area contributed by atoms with Crippen LogP contribution in [0.25, 0.3) is 0 Å². The van der Waals surface area contributed by atoms with Crippen LogP contribution in [0.1, 0.15) is 63.0 Å². The normalized spacial score (nSPS) is 16.5. The Labute approximate surface area is 152 Å². The number of aromatic nitrogens is 1. The number of rotatable bonds is 8. The van der Waals surface area contributed by atoms with Crippen molar-refractivity contribution in [3.63, 3.8) is 0 Å². The highest BCUT2D eigenvalue weighted by Crippen LogP contribution is 2.31. The van der Waals surface area contributed by atoms with Crippen molar-refractivity contribution in [2.24, 2.45) is 11.8 Å². The summed E-state index contributed by atoms with van der Waals surface area (Å²) in [5.74, 6) is 2.81. The minimum absolute atomic E-state index is 0.608. The molecule has 1 heterocycles. The first-order chi connectivity index (χ1) is 12.3. The first-order valence-corrected chi connectivity index (χ1v) is 9.91. The van der Waals surface area contributed by atoms with Gasteiger partial charge in [0.1, 0.15) is 12.4 Å². The second-order valence-electron chi connectivity index (χ2n) is 7.64. The Balaban J connectivity index is 1.50. The number of hydrogen-bond donors (Lipinski definition) is 0. The molecule has 2 aromatic rings. The Bertz CT molecular complexity index is 619. The summed E-state index contributed by atoms with van der Waals surface area (Å²) in [6, 6.07) is 12.5. The molecule has 1 atom stereocenters. The quantitative estimate of drug-likeness (QED) is 0.572. The molecule has 1 fully saturated rings. The zero-order valence-corrected chi connectivity index (χ0v) is 15.5. The Hall–Kier alpha value is -1.83. The fourth-order valence-electron chi connectivity index (χ4n) is 4.00. The third-order valence-corrected chi connectivity index (χ3v) is 5.48. The number of ether oxygens (including phenoxy) is 1. The molecule has 0 bridgehead atoms. The molecular formula is C23H31NO. The maximum atomic E-state index is 6.08. The van der Waals surface area contributed by atoms with Gasteiger partial charge in [0.25, 0.3) is 0 Å². The molecule has 1 aliphatic rings. The topological polar surface area (TPSA) is 22.1 Å². The van der Waals surface area contributed by atoms with Crippen LogP contribution in [0, 0.1) is 11.8 Å². The Morgan fingerprint density at radius 1 is 1.04 bits per heavy atom. The van der Waals surface area contributed by atoms with Crippen molar-refractivity contribution in [2.45, 2.75) is 64.9 Å². The molecule has 0 aliphatic heterocycles. The van der Waals surface area contributed by atoms with Gasteiger partial charge in [0.05, 0.1) is 0 Å². The molecule has 134 valence electrons. The molecule has 0 N–H and O–H groups in total. The van der Waals surface area contributed by atoms with Gasteiger partial charge in [-0.3, -0.25) is 4.98 Å². The van der Waals surface area contributed by atoms with Crippen LogP contribution < -0.4 is 4.74 Å². The van der Waals surface area contributed by atoms with E-state index in [1.54, 1.807) is 0 Å². The summed E-state index contributed by atoms with van der Waals surface area (Å²) in [5, 5.41) is 0. The van der Waals surface area contributed by atoms with Gasteiger partial charge in [0.2, 0.25) is 0 Å². The fraction of sp³-hybridized carbons (Fsp3) is 0.522. The van der Waals surface area contributed by atoms with Crippen molar-refractivity contribution in [2.75, 3.05) is 0 Å². The lowest BCUT2D eigenvalue weighted by Crippen LogP contribution is -2.11. The van der Waals surface area contributed by atoms with Gasteiger partial charge in [-0.2, -0.15) is 0 Å². The Morgan fingerprint density at radius 3 is 2.60 bits per heavy atom. The number of benzene rings is 1. The maximum Gasteiger partial charge on any atom is 0.122 e. The van der Waals surface area contributed by atoms with Gasteiger partial charge >= 0.3 is 0 Å². The van der Waals surface area contributed by atoms with Gasteiger partial charge in [-0.05, 0) is 60.4 Å². The zero-order valence-electron chi connectivity index (χ0n) is 15.5. The van der Waals surface area contributed by atoms with Gasteiger partial charge in [0.15, 0.2) is 0 Å². The van der Waals surface area contributed by atoms with Crippen molar-refractivity contribution in [3.8, 4) is 5.75 Å². The van der Waals surface area contributed by atoms with Crippen molar-refractivity contribution < 1.29 is 4.74 Å². The smallest absolute Gasteiger partial charge is 0.122 e. The van der Waals surface area contributed by atoms with Gasteiger partial charge in [-0.25, -0.2) is 0 Å². The van der Waals surface area contributed by atoms with E-state index in [2.05, 4.69) is 36.2 Å². The van der Waals surface area contributed by atoms with Gasteiger partial charge in [0, 0.05) is 12.4 Å². The number of hydrogen-bond acceptors (Lipinski definition) is 2. The lowest BCUT2D eigenvalue weighted by Gasteiger charge is -2.24. The van der Waals surface area contributed by atoms with Crippen molar-refractivity contribution in [3.05, 3.63) is 59.9 Å². The molecule has 25 heavy (non-hydrogen) atoms. The highest BCUT2D eigenvalue weighted by molar-refractivity contribution is 5.33. The second kappa shape index (κ2) is 9.60. The van der Waals surface area contributed by atoms with E-state index in [0.29, 0.717) is 6.61 Å². The molecule has 1 aromatic heterocycles. The van der Waals surface area contributed by atoms with Gasteiger partial charge in [-0.1, -0.05) is 57.2 Å². The molecule has 2 heteroatoms. The van der Waals surface area contributed by atoms with E-state index in [9.17, 15) is 0 Å². The molecular weight excluding hydrogens is 306 g/mol. The summed E-state index contributed by atoms with van der Waals surface area (Å²) in [5.41, 5.74) is 2.50. The Kier molecular flexibility index (Phi) is 6.90. The first kappa shape index (κ1) is 18.0. The molecule has 1 saturated carbocycles. The minimum Gasteiger partial charge on any atom is -0.489 e. The third kappa shape index (κ3) is 5.88. The predicted molar refractivity (Wildman–Crippen MR) is 104 cm³/mol. The Morgan fingerprint density at radius 2 is 1.80 bits per heavy atom. The van der Waals surface area contributed by atoms with E-state index in [1.165, 1.54) is 50.5 Å². The highest BCUT2D eigenvalue weighted by atomic mass is 16.5. The van der Waals surface area contributed by atoms with Crippen LogP contribution in [0.5, 0.6) is 5.75 Å². The lowest BCUT2D eigenvalue weighted by atomic mass is 9.82. The maximum absolute atomic E-state index is 6.08. The number of para-hydroxylation sites is 1. The van der Waals surface area contributed by atoms with E-state index < -0.39 is 0 Å². The van der Waals surface area contributed by atoms with Crippen molar-refractivity contribution >= 4 is 0 Å². The molecule has 1 aliphatic carbocycles. The lowest BCUT2D eigenvalue weighted by molar-refractivity contribution is 0.285. The molecule has 0 spiro atoms. The van der Waals surface area contributed by atoms with Gasteiger partial charge < -0.3 is 4.74 Å². The fourth-order valence-corrected chi connectivity index (χ4v) is 4.00. The summed E-state index contributed by atoms with van der Waals surface area (Å²) in [4.78, 5) is 4.06. The molecule has 1 unspecified atom stereocenters. The van der Waals surface area contributed by atoms with E-state index in [4.69, 9.17) is 4.74 Å². The predicted octanol–water partition coefficient (Wildman–Crippen LogP) is 6.20. The third-order valence-electron chi connectivity index (χ3n) is 5.48. The largest absolute Gasteiger partial charge is 0.489 e. The van der Waals surface area contributed by atoms with E-state index in [-0.39, 0.29) is 0 Å². The average molecular weight is 338 g/mol. The standard InChI is InChI=1S/C23H31NO/c1-19(17-20-7-3-2-4-8-20)11-12-22-9-5-6-10-23(22)25-18-21-13-15-24-16-14-21/h5-6,9-10,13-16,19-20H,2-4,7-8,11-12,17-18H2,1H3. The molecule has 3 rings (SSSR count). The molecule has 2 nitrogen and oxygen atoms in total. The van der Waals surface area contributed by atoms with Crippen LogP contribution >= 0.6 is 0 Å². The van der Waals surface area contributed by atoms with Crippen LogP contribution in [-0.2, 0) is 13.0 Å². The van der Waals surface area contributed by atoms with E-state index in [0.717, 1.165) is 29.6 Å². The SMILES string of the molecule is CC(CCc1ccccc1OCc1ccncc1)CC1CCCCC1. The summed E-state index contributed by atoms with van der Waals surface area (Å²) in [7, 11) is 0. The molecule has 0 amide bonds. The minimum atomic E-state index is 0.608. The summed E-state index contributed by atoms with van der Waals surface area (Å²) in [6.45, 7) is 3.03. The molecule has 0 radical (unpaired) electrons. The van der Waals surface area contributed by atoms with E-state index >= 15 is 0 Å². The van der Waals surface area contributed by atoms with Crippen molar-refractivity contribution in [1.82, 2.24) is 4.98 Å². The number of pyridine rings is 1. The van der Waals surface area contributed by atoms with Crippen LogP contribution in [0.4, 0.5) is 0 Å². The van der Waals surface area contributed by atoms with Crippen LogP contribution in [-0.4, -0.2) is 4.98 Å². The monoisotopic (exact) mass is 337 g/mol. The summed E-state index contributed by atoms with van der Waals surface area (Å²) >= 11 is 0. The van der Waals surface area contributed by atoms with Gasteiger partial charge in [-0.15, -0.1) is 0 Å². The average Bonchev–Trinajstić information content (AvgIpc) is 2.67. The number of nitrogens with zero attached hydrogens (tertiary/aromatic N) is 1. The molecule has 1 aromatic carbocycles. The van der Waals surface area contributed by atoms with E-state index in [1.807, 2.05) is 24.5 Å². The van der Waals surface area contributed by atoms with Crippen LogP contribution in [0.3, 0.4) is 0 Å². The first-order valence-electron chi connectivity index (χ1n) is 9.91. The summed E-state index contributed by atoms with van der Waals surface area (Å²) < 4.78 is 6.08. The number of aryl methyl sites for hydroxylation is 1. The zero-order chi connectivity index (χ0) is 17.3. The van der Waals surface area contributed by atoms with Crippen LogP contribution in [0.15, 0.2) is 48.8 Å². The molecule has 0 saturated heterocycles. The van der Waals surface area contributed by atoms with Crippen molar-refractivity contribution in [1.29, 1.82) is 0 Å². The second-order valence-corrected chi connectivity index (χ2v) is 7.64. The highest BCUT2D eigenvalue weighted by Gasteiger charge is 2.16. The summed E-state index contributed by atoms with van der Waals surface area (Å²) in [6.07, 6.45) is 14.7.